The van der Waals surface area contributed by atoms with Crippen molar-refractivity contribution in [1.29, 1.82) is 0 Å². The molecule has 0 aliphatic carbocycles. The number of amides is 1. The summed E-state index contributed by atoms with van der Waals surface area (Å²) < 4.78 is 18.8. The van der Waals surface area contributed by atoms with E-state index in [-0.39, 0.29) is 12.3 Å². The summed E-state index contributed by atoms with van der Waals surface area (Å²) in [7, 11) is 3.41. The summed E-state index contributed by atoms with van der Waals surface area (Å²) in [6, 6.07) is 24.9. The highest BCUT2D eigenvalue weighted by Crippen LogP contribution is 2.30. The number of likely N-dealkylation sites (N-methyl/N-ethyl adjacent to an activating group) is 1. The molecule has 3 aromatic carbocycles. The minimum Gasteiger partial charge on any atom is -0.406 e. The second-order valence-corrected chi connectivity index (χ2v) is 8.41. The molecule has 0 saturated carbocycles. The van der Waals surface area contributed by atoms with E-state index in [1.165, 1.54) is 42.4 Å². The summed E-state index contributed by atoms with van der Waals surface area (Å²) in [6.07, 6.45) is -0.196. The maximum absolute atomic E-state index is 13.2. The molecular weight excluding hydrogens is 459 g/mol. The average molecular weight is 487 g/mol. The van der Waals surface area contributed by atoms with Gasteiger partial charge in [-0.1, -0.05) is 72.8 Å². The Bertz CT molecular complexity index is 1290. The van der Waals surface area contributed by atoms with Gasteiger partial charge in [0.15, 0.2) is 5.75 Å². The molecule has 0 aliphatic heterocycles. The fourth-order valence-corrected chi connectivity index (χ4v) is 3.65. The molecule has 0 saturated heterocycles. The van der Waals surface area contributed by atoms with Gasteiger partial charge in [-0.3, -0.25) is 0 Å². The quantitative estimate of drug-likeness (QED) is 0.374. The highest BCUT2D eigenvalue weighted by atomic mass is 19.1. The number of anilines is 1. The zero-order valence-electron chi connectivity index (χ0n) is 20.1. The number of carbonyl (C=O) groups excluding carboxylic acids is 1. The van der Waals surface area contributed by atoms with Crippen LogP contribution in [0.25, 0.3) is 11.3 Å². The summed E-state index contributed by atoms with van der Waals surface area (Å²) in [5, 5.41) is 10.4. The number of hydrogen-bond acceptors (Lipinski definition) is 6. The molecule has 8 heteroatoms. The van der Waals surface area contributed by atoms with E-state index in [1.54, 1.807) is 0 Å². The highest BCUT2D eigenvalue weighted by molar-refractivity contribution is 5.75. The van der Waals surface area contributed by atoms with E-state index in [2.05, 4.69) is 4.98 Å². The Morgan fingerprint density at radius 2 is 1.61 bits per heavy atom. The minimum absolute atomic E-state index is 0.0378. The van der Waals surface area contributed by atoms with E-state index in [0.717, 1.165) is 11.1 Å². The lowest BCUT2D eigenvalue weighted by Gasteiger charge is -2.22. The summed E-state index contributed by atoms with van der Waals surface area (Å²) in [5.41, 5.74) is 2.85. The van der Waals surface area contributed by atoms with Crippen LogP contribution in [0.1, 0.15) is 17.2 Å². The predicted octanol–water partition coefficient (Wildman–Crippen LogP) is 5.08. The number of nitrogens with zero attached hydrogens (tertiary/aromatic N) is 4. The molecule has 0 radical (unpaired) electrons. The number of aliphatic hydroxyl groups excluding tert-OH is 1. The smallest absolute Gasteiger partial charge is 0.406 e. The third kappa shape index (κ3) is 6.22. The monoisotopic (exact) mass is 486 g/mol. The first-order valence-electron chi connectivity index (χ1n) is 11.4. The molecule has 36 heavy (non-hydrogen) atoms. The standard InChI is InChI=1S/C28H27FN4O3/c1-32(18-20-9-5-3-6-10-20)27-30-17-25(26(31-27)22-11-7-4-8-12-22)36-28(35)33(2)19-24(34)21-13-15-23(29)16-14-21/h3-17,24,34H,18-19H2,1-2H3. The van der Waals surface area contributed by atoms with Gasteiger partial charge in [-0.15, -0.1) is 0 Å². The lowest BCUT2D eigenvalue weighted by atomic mass is 10.1. The van der Waals surface area contributed by atoms with Gasteiger partial charge in [0.05, 0.1) is 18.8 Å². The van der Waals surface area contributed by atoms with Crippen molar-refractivity contribution in [2.45, 2.75) is 12.6 Å². The Hall–Kier alpha value is -4.30. The normalized spacial score (nSPS) is 11.6. The van der Waals surface area contributed by atoms with Crippen LogP contribution in [0.3, 0.4) is 0 Å². The van der Waals surface area contributed by atoms with Crippen LogP contribution in [0.4, 0.5) is 15.1 Å². The van der Waals surface area contributed by atoms with Crippen LogP contribution >= 0.6 is 0 Å². The van der Waals surface area contributed by atoms with Gasteiger partial charge in [-0.2, -0.15) is 0 Å². The first-order valence-corrected chi connectivity index (χ1v) is 11.4. The topological polar surface area (TPSA) is 78.8 Å². The van der Waals surface area contributed by atoms with E-state index in [4.69, 9.17) is 9.72 Å². The average Bonchev–Trinajstić information content (AvgIpc) is 2.90. The van der Waals surface area contributed by atoms with Crippen molar-refractivity contribution in [3.63, 3.8) is 0 Å². The second kappa shape index (κ2) is 11.4. The van der Waals surface area contributed by atoms with Gasteiger partial charge in [0, 0.05) is 26.2 Å². The van der Waals surface area contributed by atoms with E-state index in [9.17, 15) is 14.3 Å². The molecule has 0 fully saturated rings. The summed E-state index contributed by atoms with van der Waals surface area (Å²) in [4.78, 5) is 25.1. The Kier molecular flexibility index (Phi) is 7.87. The van der Waals surface area contributed by atoms with Crippen molar-refractivity contribution in [2.24, 2.45) is 0 Å². The second-order valence-electron chi connectivity index (χ2n) is 8.41. The molecular formula is C28H27FN4O3. The first kappa shape index (κ1) is 24.8. The third-order valence-corrected chi connectivity index (χ3v) is 5.60. The number of aromatic nitrogens is 2. The minimum atomic E-state index is -0.998. The molecule has 0 aliphatic rings. The van der Waals surface area contributed by atoms with E-state index >= 15 is 0 Å². The van der Waals surface area contributed by atoms with Crippen LogP contribution in [-0.4, -0.2) is 46.7 Å². The zero-order chi connectivity index (χ0) is 25.5. The zero-order valence-corrected chi connectivity index (χ0v) is 20.1. The van der Waals surface area contributed by atoms with Crippen LogP contribution in [0.15, 0.2) is 91.1 Å². The van der Waals surface area contributed by atoms with Crippen LogP contribution < -0.4 is 9.64 Å². The van der Waals surface area contributed by atoms with Gasteiger partial charge in [0.1, 0.15) is 11.5 Å². The van der Waals surface area contributed by atoms with Gasteiger partial charge in [-0.05, 0) is 23.3 Å². The number of aliphatic hydroxyl groups is 1. The molecule has 0 bridgehead atoms. The Morgan fingerprint density at radius 1 is 0.972 bits per heavy atom. The third-order valence-electron chi connectivity index (χ3n) is 5.60. The first-order chi connectivity index (χ1) is 17.4. The lowest BCUT2D eigenvalue weighted by Crippen LogP contribution is -2.33. The van der Waals surface area contributed by atoms with Crippen LogP contribution in [-0.2, 0) is 6.54 Å². The van der Waals surface area contributed by atoms with E-state index in [1.807, 2.05) is 72.6 Å². The number of hydrogen-bond donors (Lipinski definition) is 1. The molecule has 0 spiro atoms. The van der Waals surface area contributed by atoms with Crippen molar-refractivity contribution in [1.82, 2.24) is 14.9 Å². The Labute approximate surface area is 209 Å². The van der Waals surface area contributed by atoms with Crippen molar-refractivity contribution in [2.75, 3.05) is 25.5 Å². The largest absolute Gasteiger partial charge is 0.415 e. The SMILES string of the molecule is CN(CC(O)c1ccc(F)cc1)C(=O)Oc1cnc(N(C)Cc2ccccc2)nc1-c1ccccc1. The number of rotatable bonds is 8. The van der Waals surface area contributed by atoms with E-state index < -0.39 is 18.0 Å². The van der Waals surface area contributed by atoms with Gasteiger partial charge < -0.3 is 19.6 Å². The fraction of sp³-hybridized carbons (Fsp3) is 0.179. The molecule has 1 amide bonds. The molecule has 1 unspecified atom stereocenters. The maximum Gasteiger partial charge on any atom is 0.415 e. The number of ether oxygens (including phenoxy) is 1. The Morgan fingerprint density at radius 3 is 2.28 bits per heavy atom. The maximum atomic E-state index is 13.2. The van der Waals surface area contributed by atoms with Gasteiger partial charge in [0.25, 0.3) is 0 Å². The summed E-state index contributed by atoms with van der Waals surface area (Å²) in [5.74, 6) is 0.286. The van der Waals surface area contributed by atoms with Crippen molar-refractivity contribution in [3.05, 3.63) is 108 Å². The fourth-order valence-electron chi connectivity index (χ4n) is 3.65. The van der Waals surface area contributed by atoms with Gasteiger partial charge in [0.2, 0.25) is 5.95 Å². The predicted molar refractivity (Wildman–Crippen MR) is 136 cm³/mol. The van der Waals surface area contributed by atoms with Crippen LogP contribution in [0.5, 0.6) is 5.75 Å². The molecule has 4 rings (SSSR count). The summed E-state index contributed by atoms with van der Waals surface area (Å²) >= 11 is 0. The van der Waals surface area contributed by atoms with E-state index in [0.29, 0.717) is 23.8 Å². The molecule has 1 N–H and O–H groups in total. The lowest BCUT2D eigenvalue weighted by molar-refractivity contribution is 0.112. The number of halogens is 1. The molecule has 7 nitrogen and oxygen atoms in total. The Balaban J connectivity index is 1.53. The van der Waals surface area contributed by atoms with Crippen molar-refractivity contribution >= 4 is 12.0 Å². The molecule has 1 aromatic heterocycles. The van der Waals surface area contributed by atoms with Crippen molar-refractivity contribution < 1.29 is 19.0 Å². The molecule has 184 valence electrons. The van der Waals surface area contributed by atoms with Gasteiger partial charge in [-0.25, -0.2) is 19.2 Å². The summed E-state index contributed by atoms with van der Waals surface area (Å²) in [6.45, 7) is 0.572. The highest BCUT2D eigenvalue weighted by Gasteiger charge is 2.21. The molecule has 4 aromatic rings. The van der Waals surface area contributed by atoms with Crippen LogP contribution in [0, 0.1) is 5.82 Å². The van der Waals surface area contributed by atoms with Crippen LogP contribution in [0.2, 0.25) is 0 Å². The van der Waals surface area contributed by atoms with Crippen molar-refractivity contribution in [3.8, 4) is 17.0 Å². The molecule has 1 heterocycles. The molecule has 1 atom stereocenters. The number of carbonyl (C=O) groups is 1. The van der Waals surface area contributed by atoms with Gasteiger partial charge >= 0.3 is 6.09 Å². The number of benzene rings is 3.